The van der Waals surface area contributed by atoms with Crippen molar-refractivity contribution in [2.45, 2.75) is 17.7 Å². The van der Waals surface area contributed by atoms with Crippen LogP contribution in [0.15, 0.2) is 59.5 Å². The van der Waals surface area contributed by atoms with Gasteiger partial charge in [-0.2, -0.15) is 0 Å². The number of esters is 1. The van der Waals surface area contributed by atoms with E-state index in [0.29, 0.717) is 17.9 Å². The van der Waals surface area contributed by atoms with Gasteiger partial charge in [-0.05, 0) is 42.8 Å². The quantitative estimate of drug-likeness (QED) is 0.533. The van der Waals surface area contributed by atoms with Crippen molar-refractivity contribution in [2.24, 2.45) is 0 Å². The first kappa shape index (κ1) is 19.0. The average Bonchev–Trinajstić information content (AvgIpc) is 2.62. The van der Waals surface area contributed by atoms with Gasteiger partial charge in [0.25, 0.3) is 0 Å². The van der Waals surface area contributed by atoms with Gasteiger partial charge in [0.05, 0.1) is 12.0 Å². The van der Waals surface area contributed by atoms with Gasteiger partial charge in [-0.3, -0.25) is 4.79 Å². The number of para-hydroxylation sites is 1. The fourth-order valence-corrected chi connectivity index (χ4v) is 3.37. The summed E-state index contributed by atoms with van der Waals surface area (Å²) in [7, 11) is -0.589. The molecule has 0 radical (unpaired) electrons. The Balaban J connectivity index is 1.86. The van der Waals surface area contributed by atoms with E-state index >= 15 is 0 Å². The maximum Gasteiger partial charge on any atom is 0.311 e. The number of nitrogens with zero attached hydrogens (tertiary/aromatic N) is 1. The molecule has 0 atom stereocenters. The van der Waals surface area contributed by atoms with Crippen LogP contribution in [-0.4, -0.2) is 39.4 Å². The first-order valence-electron chi connectivity index (χ1n) is 7.79. The van der Waals surface area contributed by atoms with E-state index in [1.165, 1.54) is 30.6 Å². The molecule has 0 N–H and O–H groups in total. The Morgan fingerprint density at radius 3 is 2.24 bits per heavy atom. The zero-order valence-corrected chi connectivity index (χ0v) is 15.0. The maximum atomic E-state index is 12.5. The van der Waals surface area contributed by atoms with E-state index in [4.69, 9.17) is 9.47 Å². The molecule has 0 amide bonds. The van der Waals surface area contributed by atoms with Gasteiger partial charge < -0.3 is 9.47 Å². The van der Waals surface area contributed by atoms with Crippen LogP contribution >= 0.6 is 0 Å². The van der Waals surface area contributed by atoms with E-state index in [9.17, 15) is 13.2 Å². The summed E-state index contributed by atoms with van der Waals surface area (Å²) in [4.78, 5) is 12.0. The molecule has 0 spiro atoms. The van der Waals surface area contributed by atoms with E-state index in [-0.39, 0.29) is 23.8 Å². The number of carbonyl (C=O) groups excluding carboxylic acids is 1. The van der Waals surface area contributed by atoms with Crippen molar-refractivity contribution in [2.75, 3.05) is 20.7 Å². The summed E-state index contributed by atoms with van der Waals surface area (Å²) < 4.78 is 36.4. The molecule has 25 heavy (non-hydrogen) atoms. The molecule has 2 aromatic rings. The van der Waals surface area contributed by atoms with Crippen molar-refractivity contribution in [3.05, 3.63) is 54.6 Å². The first-order valence-corrected chi connectivity index (χ1v) is 9.23. The molecular weight excluding hydrogens is 342 g/mol. The van der Waals surface area contributed by atoms with Gasteiger partial charge in [0.1, 0.15) is 11.5 Å². The number of sulfonamides is 1. The third-order valence-corrected chi connectivity index (χ3v) is 5.47. The third-order valence-electron chi connectivity index (χ3n) is 3.60. The van der Waals surface area contributed by atoms with Crippen LogP contribution in [0.25, 0.3) is 0 Å². The minimum Gasteiger partial charge on any atom is -0.497 e. The highest BCUT2D eigenvalue weighted by Gasteiger charge is 2.20. The SMILES string of the molecule is COc1ccc(S(=O)(=O)N(C)CCCC(=O)Oc2ccccc2)cc1. The molecule has 0 fully saturated rings. The van der Waals surface area contributed by atoms with Crippen molar-refractivity contribution in [1.29, 1.82) is 0 Å². The van der Waals surface area contributed by atoms with Crippen LogP contribution < -0.4 is 9.47 Å². The highest BCUT2D eigenvalue weighted by atomic mass is 32.2. The Bertz CT molecular complexity index is 788. The first-order chi connectivity index (χ1) is 11.9. The predicted molar refractivity (Wildman–Crippen MR) is 94.1 cm³/mol. The lowest BCUT2D eigenvalue weighted by atomic mass is 10.3. The van der Waals surface area contributed by atoms with Crippen molar-refractivity contribution < 1.29 is 22.7 Å². The summed E-state index contributed by atoms with van der Waals surface area (Å²) >= 11 is 0. The zero-order chi connectivity index (χ0) is 18.3. The number of methoxy groups -OCH3 is 1. The highest BCUT2D eigenvalue weighted by molar-refractivity contribution is 7.89. The van der Waals surface area contributed by atoms with Crippen LogP contribution in [0.3, 0.4) is 0 Å². The molecule has 2 rings (SSSR count). The van der Waals surface area contributed by atoms with Gasteiger partial charge in [0.15, 0.2) is 0 Å². The lowest BCUT2D eigenvalue weighted by Gasteiger charge is -2.17. The van der Waals surface area contributed by atoms with Crippen molar-refractivity contribution in [1.82, 2.24) is 4.31 Å². The van der Waals surface area contributed by atoms with Crippen LogP contribution in [0.1, 0.15) is 12.8 Å². The van der Waals surface area contributed by atoms with Gasteiger partial charge in [-0.25, -0.2) is 12.7 Å². The number of ether oxygens (including phenoxy) is 2. The highest BCUT2D eigenvalue weighted by Crippen LogP contribution is 2.19. The van der Waals surface area contributed by atoms with E-state index in [1.54, 1.807) is 36.4 Å². The van der Waals surface area contributed by atoms with Crippen molar-refractivity contribution in [3.63, 3.8) is 0 Å². The second kappa shape index (κ2) is 8.64. The second-order valence-electron chi connectivity index (χ2n) is 5.39. The number of rotatable bonds is 8. The van der Waals surface area contributed by atoms with Crippen LogP contribution in [0.2, 0.25) is 0 Å². The normalized spacial score (nSPS) is 11.3. The van der Waals surface area contributed by atoms with Gasteiger partial charge in [0, 0.05) is 20.0 Å². The van der Waals surface area contributed by atoms with E-state index in [0.717, 1.165) is 0 Å². The molecule has 0 aliphatic carbocycles. The zero-order valence-electron chi connectivity index (χ0n) is 14.2. The summed E-state index contributed by atoms with van der Waals surface area (Å²) in [6.45, 7) is 0.220. The summed E-state index contributed by atoms with van der Waals surface area (Å²) in [5, 5.41) is 0. The Labute approximate surface area is 148 Å². The Kier molecular flexibility index (Phi) is 6.55. The molecule has 0 aliphatic heterocycles. The second-order valence-corrected chi connectivity index (χ2v) is 7.44. The number of hydrogen-bond acceptors (Lipinski definition) is 5. The third kappa shape index (κ3) is 5.30. The molecule has 0 aliphatic rings. The summed E-state index contributed by atoms with van der Waals surface area (Å²) in [6.07, 6.45) is 0.509. The van der Waals surface area contributed by atoms with Crippen molar-refractivity contribution in [3.8, 4) is 11.5 Å². The van der Waals surface area contributed by atoms with E-state index < -0.39 is 10.0 Å². The minimum atomic E-state index is -3.60. The topological polar surface area (TPSA) is 72.9 Å². The van der Waals surface area contributed by atoms with Gasteiger partial charge in [-0.1, -0.05) is 18.2 Å². The summed E-state index contributed by atoms with van der Waals surface area (Å²) in [6, 6.07) is 14.9. The Morgan fingerprint density at radius 1 is 1.00 bits per heavy atom. The molecule has 7 heteroatoms. The summed E-state index contributed by atoms with van der Waals surface area (Å²) in [5.41, 5.74) is 0. The number of benzene rings is 2. The molecule has 0 aromatic heterocycles. The largest absolute Gasteiger partial charge is 0.497 e. The Morgan fingerprint density at radius 2 is 1.64 bits per heavy atom. The smallest absolute Gasteiger partial charge is 0.311 e. The van der Waals surface area contributed by atoms with Gasteiger partial charge in [0.2, 0.25) is 10.0 Å². The molecule has 2 aromatic carbocycles. The predicted octanol–water partition coefficient (Wildman–Crippen LogP) is 2.70. The van der Waals surface area contributed by atoms with Crippen LogP contribution in [0, 0.1) is 0 Å². The molecule has 6 nitrogen and oxygen atoms in total. The molecule has 0 bridgehead atoms. The van der Waals surface area contributed by atoms with E-state index in [1.807, 2.05) is 6.07 Å². The lowest BCUT2D eigenvalue weighted by Crippen LogP contribution is -2.28. The molecule has 134 valence electrons. The fraction of sp³-hybridized carbons (Fsp3) is 0.278. The van der Waals surface area contributed by atoms with Crippen LogP contribution in [0.5, 0.6) is 11.5 Å². The monoisotopic (exact) mass is 363 g/mol. The van der Waals surface area contributed by atoms with E-state index in [2.05, 4.69) is 0 Å². The summed E-state index contributed by atoms with van der Waals surface area (Å²) in [5.74, 6) is 0.679. The van der Waals surface area contributed by atoms with Gasteiger partial charge in [-0.15, -0.1) is 0 Å². The molecule has 0 heterocycles. The standard InChI is InChI=1S/C18H21NO5S/c1-19(25(21,22)17-12-10-15(23-2)11-13-17)14-6-9-18(20)24-16-7-4-3-5-8-16/h3-5,7-8,10-13H,6,9,14H2,1-2H3. The fourth-order valence-electron chi connectivity index (χ4n) is 2.16. The number of carbonyl (C=O) groups is 1. The molecule has 0 saturated carbocycles. The Hall–Kier alpha value is -2.38. The molecule has 0 unspecified atom stereocenters. The average molecular weight is 363 g/mol. The lowest BCUT2D eigenvalue weighted by molar-refractivity contribution is -0.134. The van der Waals surface area contributed by atoms with Crippen molar-refractivity contribution >= 4 is 16.0 Å². The van der Waals surface area contributed by atoms with Crippen LogP contribution in [0.4, 0.5) is 0 Å². The maximum absolute atomic E-state index is 12.5. The minimum absolute atomic E-state index is 0.136. The van der Waals surface area contributed by atoms with Crippen LogP contribution in [-0.2, 0) is 14.8 Å². The number of hydrogen-bond donors (Lipinski definition) is 0. The molecule has 0 saturated heterocycles. The van der Waals surface area contributed by atoms with Gasteiger partial charge >= 0.3 is 5.97 Å². The molecular formula is C18H21NO5S.